The molecule has 0 saturated heterocycles. The Bertz CT molecular complexity index is 589. The predicted octanol–water partition coefficient (Wildman–Crippen LogP) is 3.91. The van der Waals surface area contributed by atoms with Crippen molar-refractivity contribution in [2.75, 3.05) is 25.4 Å². The zero-order valence-electron chi connectivity index (χ0n) is 13.1. The highest BCUT2D eigenvalue weighted by atomic mass is 127. The van der Waals surface area contributed by atoms with Crippen LogP contribution >= 0.6 is 22.6 Å². The summed E-state index contributed by atoms with van der Waals surface area (Å²) in [5.74, 6) is 0.627. The van der Waals surface area contributed by atoms with Gasteiger partial charge in [-0.15, -0.1) is 0 Å². The summed E-state index contributed by atoms with van der Waals surface area (Å²) in [6.45, 7) is 10.1. The van der Waals surface area contributed by atoms with E-state index in [2.05, 4.69) is 76.0 Å². The van der Waals surface area contributed by atoms with Crippen LogP contribution in [0.25, 0.3) is 11.0 Å². The van der Waals surface area contributed by atoms with Gasteiger partial charge in [0.05, 0.1) is 11.0 Å². The molecule has 2 rings (SSSR count). The Kier molecular flexibility index (Phi) is 5.87. The van der Waals surface area contributed by atoms with Crippen molar-refractivity contribution in [3.63, 3.8) is 0 Å². The van der Waals surface area contributed by atoms with E-state index in [9.17, 15) is 0 Å². The molecule has 0 amide bonds. The molecule has 2 N–H and O–H groups in total. The second-order valence-corrected chi connectivity index (χ2v) is 6.74. The molecule has 1 aromatic carbocycles. The third-order valence-electron chi connectivity index (χ3n) is 4.11. The summed E-state index contributed by atoms with van der Waals surface area (Å²) in [5.41, 5.74) is 8.26. The van der Waals surface area contributed by atoms with Crippen LogP contribution in [-0.2, 0) is 0 Å². The first-order valence-electron chi connectivity index (χ1n) is 7.72. The minimum atomic E-state index is 0.380. The molecule has 4 nitrogen and oxygen atoms in total. The minimum absolute atomic E-state index is 0.380. The van der Waals surface area contributed by atoms with Crippen LogP contribution in [0.1, 0.15) is 39.7 Å². The lowest BCUT2D eigenvalue weighted by atomic mass is 10.1. The molecule has 0 radical (unpaired) electrons. The minimum Gasteiger partial charge on any atom is -0.369 e. The first-order valence-corrected chi connectivity index (χ1v) is 8.80. The van der Waals surface area contributed by atoms with E-state index in [0.717, 1.165) is 37.1 Å². The van der Waals surface area contributed by atoms with Crippen molar-refractivity contribution in [2.45, 2.75) is 39.7 Å². The fraction of sp³-hybridized carbons (Fsp3) is 0.562. The Morgan fingerprint density at radius 1 is 1.33 bits per heavy atom. The number of halogens is 1. The SMILES string of the molecule is CCN(CC)CCCC(C)n1c(N)nc2cc(I)ccc21. The first-order chi connectivity index (χ1) is 10.1. The second-order valence-electron chi connectivity index (χ2n) is 5.49. The van der Waals surface area contributed by atoms with E-state index in [0.29, 0.717) is 12.0 Å². The van der Waals surface area contributed by atoms with Gasteiger partial charge in [-0.2, -0.15) is 0 Å². The maximum Gasteiger partial charge on any atom is 0.201 e. The Balaban J connectivity index is 2.09. The van der Waals surface area contributed by atoms with Crippen LogP contribution in [0.3, 0.4) is 0 Å². The van der Waals surface area contributed by atoms with Crippen molar-refractivity contribution in [1.29, 1.82) is 0 Å². The number of anilines is 1. The van der Waals surface area contributed by atoms with Crippen molar-refractivity contribution in [2.24, 2.45) is 0 Å². The Hall–Kier alpha value is -0.820. The number of aromatic nitrogens is 2. The van der Waals surface area contributed by atoms with Gasteiger partial charge in [0.25, 0.3) is 0 Å². The van der Waals surface area contributed by atoms with Crippen LogP contribution in [0.4, 0.5) is 5.95 Å². The van der Waals surface area contributed by atoms with Gasteiger partial charge in [-0.25, -0.2) is 4.98 Å². The van der Waals surface area contributed by atoms with Crippen molar-refractivity contribution in [3.8, 4) is 0 Å². The van der Waals surface area contributed by atoms with E-state index >= 15 is 0 Å². The van der Waals surface area contributed by atoms with Crippen molar-refractivity contribution in [3.05, 3.63) is 21.8 Å². The van der Waals surface area contributed by atoms with E-state index < -0.39 is 0 Å². The van der Waals surface area contributed by atoms with Crippen molar-refractivity contribution in [1.82, 2.24) is 14.5 Å². The van der Waals surface area contributed by atoms with E-state index in [1.54, 1.807) is 0 Å². The molecule has 0 aliphatic carbocycles. The summed E-state index contributed by atoms with van der Waals surface area (Å²) in [6, 6.07) is 6.71. The molecule has 0 saturated carbocycles. The lowest BCUT2D eigenvalue weighted by Gasteiger charge is -2.20. The standard InChI is InChI=1S/C16H25IN4/c1-4-20(5-2)10-6-7-12(3)21-15-9-8-13(17)11-14(15)19-16(21)18/h8-9,11-12H,4-7,10H2,1-3H3,(H2,18,19). The summed E-state index contributed by atoms with van der Waals surface area (Å²) in [4.78, 5) is 6.96. The lowest BCUT2D eigenvalue weighted by molar-refractivity contribution is 0.289. The molecule has 0 aliphatic rings. The van der Waals surface area contributed by atoms with Gasteiger partial charge in [-0.3, -0.25) is 0 Å². The molecule has 116 valence electrons. The summed E-state index contributed by atoms with van der Waals surface area (Å²) >= 11 is 2.31. The van der Waals surface area contributed by atoms with Gasteiger partial charge < -0.3 is 15.2 Å². The molecule has 2 aromatic rings. The highest BCUT2D eigenvalue weighted by molar-refractivity contribution is 14.1. The average molecular weight is 400 g/mol. The van der Waals surface area contributed by atoms with Crippen LogP contribution in [0, 0.1) is 3.57 Å². The van der Waals surface area contributed by atoms with E-state index in [1.165, 1.54) is 9.99 Å². The highest BCUT2D eigenvalue weighted by Crippen LogP contribution is 2.26. The number of benzene rings is 1. The quantitative estimate of drug-likeness (QED) is 0.717. The molecule has 1 aromatic heterocycles. The van der Waals surface area contributed by atoms with Crippen LogP contribution in [0.15, 0.2) is 18.2 Å². The number of nitrogens with two attached hydrogens (primary N) is 1. The Morgan fingerprint density at radius 3 is 2.71 bits per heavy atom. The topological polar surface area (TPSA) is 47.1 Å². The molecule has 1 unspecified atom stereocenters. The number of nitrogen functional groups attached to an aromatic ring is 1. The number of hydrogen-bond donors (Lipinski definition) is 1. The normalized spacial score (nSPS) is 13.2. The monoisotopic (exact) mass is 400 g/mol. The molecular weight excluding hydrogens is 375 g/mol. The second kappa shape index (κ2) is 7.45. The van der Waals surface area contributed by atoms with Crippen LogP contribution in [0.2, 0.25) is 0 Å². The summed E-state index contributed by atoms with van der Waals surface area (Å²) < 4.78 is 3.37. The summed E-state index contributed by atoms with van der Waals surface area (Å²) in [5, 5.41) is 0. The third kappa shape index (κ3) is 3.88. The van der Waals surface area contributed by atoms with Gasteiger partial charge in [-0.05, 0) is 80.2 Å². The molecule has 1 atom stereocenters. The van der Waals surface area contributed by atoms with E-state index in [-0.39, 0.29) is 0 Å². The number of imidazole rings is 1. The fourth-order valence-electron chi connectivity index (χ4n) is 2.83. The maximum atomic E-state index is 6.13. The van der Waals surface area contributed by atoms with Gasteiger partial charge in [0.2, 0.25) is 5.95 Å². The van der Waals surface area contributed by atoms with Crippen LogP contribution in [0.5, 0.6) is 0 Å². The zero-order valence-corrected chi connectivity index (χ0v) is 15.3. The zero-order chi connectivity index (χ0) is 15.4. The lowest BCUT2D eigenvalue weighted by Crippen LogP contribution is -2.24. The highest BCUT2D eigenvalue weighted by Gasteiger charge is 2.14. The van der Waals surface area contributed by atoms with E-state index in [4.69, 9.17) is 5.73 Å². The Morgan fingerprint density at radius 2 is 2.05 bits per heavy atom. The van der Waals surface area contributed by atoms with Crippen LogP contribution in [-0.4, -0.2) is 34.1 Å². The predicted molar refractivity (Wildman–Crippen MR) is 98.6 cm³/mol. The van der Waals surface area contributed by atoms with Crippen molar-refractivity contribution >= 4 is 39.6 Å². The van der Waals surface area contributed by atoms with Gasteiger partial charge in [0.15, 0.2) is 0 Å². The first kappa shape index (κ1) is 16.5. The molecule has 1 heterocycles. The molecular formula is C16H25IN4. The largest absolute Gasteiger partial charge is 0.369 e. The number of fused-ring (bicyclic) bond motifs is 1. The molecule has 0 spiro atoms. The number of nitrogens with zero attached hydrogens (tertiary/aromatic N) is 3. The fourth-order valence-corrected chi connectivity index (χ4v) is 3.31. The third-order valence-corrected chi connectivity index (χ3v) is 4.78. The summed E-state index contributed by atoms with van der Waals surface area (Å²) in [7, 11) is 0. The number of hydrogen-bond acceptors (Lipinski definition) is 3. The van der Waals surface area contributed by atoms with Gasteiger partial charge >= 0.3 is 0 Å². The molecule has 0 aliphatic heterocycles. The molecule has 5 heteroatoms. The van der Waals surface area contributed by atoms with Gasteiger partial charge in [0.1, 0.15) is 0 Å². The van der Waals surface area contributed by atoms with Gasteiger partial charge in [-0.1, -0.05) is 13.8 Å². The van der Waals surface area contributed by atoms with Crippen LogP contribution < -0.4 is 5.73 Å². The van der Waals surface area contributed by atoms with Crippen molar-refractivity contribution < 1.29 is 0 Å². The maximum absolute atomic E-state index is 6.13. The smallest absolute Gasteiger partial charge is 0.201 e. The molecule has 0 fully saturated rings. The average Bonchev–Trinajstić information content (AvgIpc) is 2.78. The Labute approximate surface area is 140 Å². The molecule has 0 bridgehead atoms. The van der Waals surface area contributed by atoms with E-state index in [1.807, 2.05) is 0 Å². The number of rotatable bonds is 7. The van der Waals surface area contributed by atoms with Gasteiger partial charge in [0, 0.05) is 9.61 Å². The summed E-state index contributed by atoms with van der Waals surface area (Å²) in [6.07, 6.45) is 2.31. The molecule has 21 heavy (non-hydrogen) atoms.